The molecule has 0 aliphatic carbocycles. The van der Waals surface area contributed by atoms with Crippen LogP contribution in [0.3, 0.4) is 0 Å². The van der Waals surface area contributed by atoms with Crippen molar-refractivity contribution in [3.63, 3.8) is 0 Å². The molecule has 3 unspecified atom stereocenters. The zero-order chi connectivity index (χ0) is 17.8. The molecule has 6 N–H and O–H groups in total. The van der Waals surface area contributed by atoms with Gasteiger partial charge in [0.1, 0.15) is 23.4 Å². The Bertz CT molecular complexity index is 792. The van der Waals surface area contributed by atoms with Gasteiger partial charge >= 0.3 is 0 Å². The number of phenolic OH excluding ortho intramolecular Hbond substituents is 5. The fourth-order valence-corrected chi connectivity index (χ4v) is 3.03. The minimum Gasteiger partial charge on any atom is -0.507 e. The van der Waals surface area contributed by atoms with Crippen molar-refractivity contribution in [1.82, 2.24) is 0 Å². The van der Waals surface area contributed by atoms with Crippen LogP contribution in [0.1, 0.15) is 35.6 Å². The third kappa shape index (κ3) is 2.25. The van der Waals surface area contributed by atoms with Gasteiger partial charge < -0.3 is 35.4 Å². The van der Waals surface area contributed by atoms with Crippen molar-refractivity contribution >= 4 is 0 Å². The van der Waals surface area contributed by atoms with E-state index in [1.807, 2.05) is 0 Å². The standard InChI is InChI=1S/C17H18O7/c1-6-9(18)5-10(19)13-7(2)14(22)17(24-16(6)13)8-3-11(20)15(23)12(21)4-8/h3-5,7,14,17-23H,1-2H3. The molecule has 24 heavy (non-hydrogen) atoms. The van der Waals surface area contributed by atoms with Gasteiger partial charge in [0.25, 0.3) is 0 Å². The van der Waals surface area contributed by atoms with Gasteiger partial charge in [-0.15, -0.1) is 0 Å². The van der Waals surface area contributed by atoms with Gasteiger partial charge in [-0.2, -0.15) is 0 Å². The van der Waals surface area contributed by atoms with E-state index in [0.29, 0.717) is 11.1 Å². The molecule has 0 aromatic heterocycles. The van der Waals surface area contributed by atoms with Gasteiger partial charge in [0.15, 0.2) is 23.4 Å². The second kappa shape index (κ2) is 5.38. The number of aliphatic hydroxyl groups is 1. The molecule has 0 saturated carbocycles. The Balaban J connectivity index is 2.14. The van der Waals surface area contributed by atoms with Gasteiger partial charge in [-0.3, -0.25) is 0 Å². The quantitative estimate of drug-likeness (QED) is 0.440. The van der Waals surface area contributed by atoms with Crippen molar-refractivity contribution < 1.29 is 35.4 Å². The molecule has 2 aromatic rings. The molecule has 7 nitrogen and oxygen atoms in total. The van der Waals surface area contributed by atoms with E-state index in [2.05, 4.69) is 0 Å². The van der Waals surface area contributed by atoms with Gasteiger partial charge in [0, 0.05) is 28.7 Å². The minimum atomic E-state index is -1.09. The summed E-state index contributed by atoms with van der Waals surface area (Å²) in [4.78, 5) is 0. The second-order valence-corrected chi connectivity index (χ2v) is 6.01. The lowest BCUT2D eigenvalue weighted by molar-refractivity contribution is 0.00205. The average Bonchev–Trinajstić information content (AvgIpc) is 2.52. The van der Waals surface area contributed by atoms with Crippen molar-refractivity contribution in [3.05, 3.63) is 34.9 Å². The van der Waals surface area contributed by atoms with Crippen molar-refractivity contribution in [2.45, 2.75) is 32.0 Å². The molecule has 2 aromatic carbocycles. The molecule has 0 amide bonds. The first-order chi connectivity index (χ1) is 11.2. The molecule has 0 radical (unpaired) electrons. The van der Waals surface area contributed by atoms with Crippen LogP contribution in [0.25, 0.3) is 0 Å². The number of rotatable bonds is 1. The molecule has 0 spiro atoms. The molecule has 0 bridgehead atoms. The number of ether oxygens (including phenoxy) is 1. The number of aliphatic hydroxyl groups excluding tert-OH is 1. The molecule has 7 heteroatoms. The lowest BCUT2D eigenvalue weighted by Gasteiger charge is -2.36. The van der Waals surface area contributed by atoms with Crippen LogP contribution >= 0.6 is 0 Å². The molecular formula is C17H18O7. The highest BCUT2D eigenvalue weighted by Gasteiger charge is 2.39. The van der Waals surface area contributed by atoms with E-state index in [4.69, 9.17) is 4.74 Å². The maximum Gasteiger partial charge on any atom is 0.200 e. The topological polar surface area (TPSA) is 131 Å². The Hall–Kier alpha value is -2.80. The molecule has 1 aliphatic heterocycles. The third-order valence-corrected chi connectivity index (χ3v) is 4.46. The summed E-state index contributed by atoms with van der Waals surface area (Å²) in [6, 6.07) is 3.55. The number of fused-ring (bicyclic) bond motifs is 1. The van der Waals surface area contributed by atoms with Crippen molar-refractivity contribution in [3.8, 4) is 34.5 Å². The summed E-state index contributed by atoms with van der Waals surface area (Å²) in [5, 5.41) is 59.3. The largest absolute Gasteiger partial charge is 0.507 e. The van der Waals surface area contributed by atoms with Gasteiger partial charge in [-0.25, -0.2) is 0 Å². The molecular weight excluding hydrogens is 316 g/mol. The van der Waals surface area contributed by atoms with E-state index in [0.717, 1.165) is 0 Å². The molecule has 128 valence electrons. The maximum absolute atomic E-state index is 10.5. The number of benzene rings is 2. The van der Waals surface area contributed by atoms with E-state index in [-0.39, 0.29) is 22.8 Å². The Labute approximate surface area is 137 Å². The smallest absolute Gasteiger partial charge is 0.200 e. The van der Waals surface area contributed by atoms with Crippen LogP contribution in [0.15, 0.2) is 18.2 Å². The van der Waals surface area contributed by atoms with Crippen LogP contribution in [0.4, 0.5) is 0 Å². The molecule has 0 saturated heterocycles. The molecule has 0 fully saturated rings. The molecule has 1 aliphatic rings. The predicted octanol–water partition coefficient (Wildman–Crippen LogP) is 2.12. The normalized spacial score (nSPS) is 22.7. The molecule has 1 heterocycles. The number of aromatic hydroxyl groups is 5. The summed E-state index contributed by atoms with van der Waals surface area (Å²) < 4.78 is 5.77. The van der Waals surface area contributed by atoms with Crippen LogP contribution in [0, 0.1) is 6.92 Å². The first-order valence-electron chi connectivity index (χ1n) is 7.37. The SMILES string of the molecule is Cc1c(O)cc(O)c2c1OC(c1cc(O)c(O)c(O)c1)C(O)C2C. The van der Waals surface area contributed by atoms with E-state index in [1.165, 1.54) is 18.2 Å². The van der Waals surface area contributed by atoms with Crippen molar-refractivity contribution in [2.75, 3.05) is 0 Å². The molecule has 3 atom stereocenters. The highest BCUT2D eigenvalue weighted by molar-refractivity contribution is 5.59. The summed E-state index contributed by atoms with van der Waals surface area (Å²) in [5.41, 5.74) is 1.02. The van der Waals surface area contributed by atoms with Crippen LogP contribution in [0.5, 0.6) is 34.5 Å². The number of hydrogen-bond acceptors (Lipinski definition) is 7. The third-order valence-electron chi connectivity index (χ3n) is 4.46. The number of phenols is 5. The van der Waals surface area contributed by atoms with Gasteiger partial charge in [-0.1, -0.05) is 6.92 Å². The van der Waals surface area contributed by atoms with Crippen molar-refractivity contribution in [2.24, 2.45) is 0 Å². The van der Waals surface area contributed by atoms with Gasteiger partial charge in [0.2, 0.25) is 0 Å². The average molecular weight is 334 g/mol. The van der Waals surface area contributed by atoms with Gasteiger partial charge in [0.05, 0.1) is 0 Å². The number of hydrogen-bond donors (Lipinski definition) is 6. The van der Waals surface area contributed by atoms with Crippen molar-refractivity contribution in [1.29, 1.82) is 0 Å². The lowest BCUT2D eigenvalue weighted by Crippen LogP contribution is -2.33. The molecule has 3 rings (SSSR count). The van der Waals surface area contributed by atoms with Crippen LogP contribution in [0.2, 0.25) is 0 Å². The Kier molecular flexibility index (Phi) is 3.60. The van der Waals surface area contributed by atoms with Crippen LogP contribution in [-0.2, 0) is 0 Å². The summed E-state index contributed by atoms with van der Waals surface area (Å²) in [6.45, 7) is 3.30. The lowest BCUT2D eigenvalue weighted by atomic mass is 9.84. The van der Waals surface area contributed by atoms with E-state index in [9.17, 15) is 30.6 Å². The van der Waals surface area contributed by atoms with Crippen LogP contribution < -0.4 is 4.74 Å². The summed E-state index contributed by atoms with van der Waals surface area (Å²) >= 11 is 0. The Morgan fingerprint density at radius 3 is 2.04 bits per heavy atom. The fraction of sp³-hybridized carbons (Fsp3) is 0.294. The Morgan fingerprint density at radius 2 is 1.46 bits per heavy atom. The highest BCUT2D eigenvalue weighted by atomic mass is 16.5. The van der Waals surface area contributed by atoms with E-state index in [1.54, 1.807) is 13.8 Å². The zero-order valence-electron chi connectivity index (χ0n) is 13.1. The summed E-state index contributed by atoms with van der Waals surface area (Å²) in [5.74, 6) is -2.38. The van der Waals surface area contributed by atoms with Crippen LogP contribution in [-0.4, -0.2) is 36.7 Å². The predicted molar refractivity (Wildman–Crippen MR) is 83.7 cm³/mol. The maximum atomic E-state index is 10.5. The summed E-state index contributed by atoms with van der Waals surface area (Å²) in [6.07, 6.45) is -2.06. The first kappa shape index (κ1) is 16.1. The van der Waals surface area contributed by atoms with E-state index < -0.39 is 35.4 Å². The second-order valence-electron chi connectivity index (χ2n) is 6.01. The fourth-order valence-electron chi connectivity index (χ4n) is 3.03. The zero-order valence-corrected chi connectivity index (χ0v) is 13.1. The summed E-state index contributed by atoms with van der Waals surface area (Å²) in [7, 11) is 0. The highest BCUT2D eigenvalue weighted by Crippen LogP contribution is 2.51. The van der Waals surface area contributed by atoms with Gasteiger partial charge in [-0.05, 0) is 19.1 Å². The first-order valence-corrected chi connectivity index (χ1v) is 7.37. The Morgan fingerprint density at radius 1 is 0.875 bits per heavy atom. The van der Waals surface area contributed by atoms with E-state index >= 15 is 0 Å². The monoisotopic (exact) mass is 334 g/mol. The minimum absolute atomic E-state index is 0.148.